The molecule has 1 heterocycles. The van der Waals surface area contributed by atoms with E-state index < -0.39 is 0 Å². The normalized spacial score (nSPS) is 14.7. The smallest absolute Gasteiger partial charge is 0.0999 e. The summed E-state index contributed by atoms with van der Waals surface area (Å²) in [5.74, 6) is 0.784. The van der Waals surface area contributed by atoms with E-state index in [-0.39, 0.29) is 0 Å². The maximum absolute atomic E-state index is 8.80. The first-order valence-electron chi connectivity index (χ1n) is 6.71. The molecule has 0 unspecified atom stereocenters. The van der Waals surface area contributed by atoms with E-state index in [2.05, 4.69) is 16.4 Å². The molecule has 0 aromatic carbocycles. The molecular weight excluding hydrogens is 228 g/mol. The van der Waals surface area contributed by atoms with Gasteiger partial charge in [-0.2, -0.15) is 5.26 Å². The van der Waals surface area contributed by atoms with Crippen LogP contribution in [0.5, 0.6) is 0 Å². The molecule has 1 aromatic heterocycles. The van der Waals surface area contributed by atoms with E-state index >= 15 is 0 Å². The molecule has 0 saturated heterocycles. The minimum atomic E-state index is 0.369. The molecule has 1 saturated carbocycles. The van der Waals surface area contributed by atoms with Gasteiger partial charge in [0, 0.05) is 19.8 Å². The quantitative estimate of drug-likeness (QED) is 0.657. The number of rotatable bonds is 8. The van der Waals surface area contributed by atoms with Crippen molar-refractivity contribution in [3.63, 3.8) is 0 Å². The molecule has 2 rings (SSSR count). The number of hydrogen-bond donors (Lipinski definition) is 0. The molecule has 0 amide bonds. The lowest BCUT2D eigenvalue weighted by Gasteiger charge is -2.07. The van der Waals surface area contributed by atoms with Crippen molar-refractivity contribution < 1.29 is 4.74 Å². The Morgan fingerprint density at radius 3 is 3.00 bits per heavy atom. The highest BCUT2D eigenvalue weighted by Gasteiger charge is 2.25. The number of aromatic nitrogens is 3. The number of nitriles is 1. The fourth-order valence-electron chi connectivity index (χ4n) is 2.04. The highest BCUT2D eigenvalue weighted by Crippen LogP contribution is 2.33. The Balaban J connectivity index is 1.96. The number of aryl methyl sites for hydroxylation is 1. The molecule has 0 N–H and O–H groups in total. The van der Waals surface area contributed by atoms with Gasteiger partial charge in [0.2, 0.25) is 0 Å². The molecule has 5 heteroatoms. The largest absolute Gasteiger partial charge is 0.382 e. The van der Waals surface area contributed by atoms with Crippen LogP contribution >= 0.6 is 0 Å². The standard InChI is InChI=1S/C13H20N4O/c1-2-18-9-3-8-17-13(10-11-4-5-11)12(6-7-14)15-16-17/h11H,2-6,8-10H2,1H3. The van der Waals surface area contributed by atoms with Gasteiger partial charge in [0.25, 0.3) is 0 Å². The first kappa shape index (κ1) is 13.0. The Labute approximate surface area is 108 Å². The van der Waals surface area contributed by atoms with Crippen molar-refractivity contribution in [2.24, 2.45) is 5.92 Å². The molecule has 0 spiro atoms. The van der Waals surface area contributed by atoms with E-state index in [9.17, 15) is 0 Å². The summed E-state index contributed by atoms with van der Waals surface area (Å²) in [5, 5.41) is 17.1. The zero-order chi connectivity index (χ0) is 12.8. The van der Waals surface area contributed by atoms with Gasteiger partial charge in [-0.25, -0.2) is 4.68 Å². The van der Waals surface area contributed by atoms with E-state index in [1.807, 2.05) is 11.6 Å². The minimum absolute atomic E-state index is 0.369. The third-order valence-corrected chi connectivity index (χ3v) is 3.21. The van der Waals surface area contributed by atoms with Crippen molar-refractivity contribution in [2.45, 2.75) is 45.6 Å². The highest BCUT2D eigenvalue weighted by molar-refractivity contribution is 5.16. The lowest BCUT2D eigenvalue weighted by atomic mass is 10.1. The van der Waals surface area contributed by atoms with Gasteiger partial charge in [-0.3, -0.25) is 0 Å². The summed E-state index contributed by atoms with van der Waals surface area (Å²) in [6, 6.07) is 2.17. The molecule has 1 aromatic rings. The van der Waals surface area contributed by atoms with Crippen molar-refractivity contribution in [3.8, 4) is 6.07 Å². The predicted octanol–water partition coefficient (Wildman–Crippen LogP) is 1.72. The van der Waals surface area contributed by atoms with E-state index in [4.69, 9.17) is 10.00 Å². The summed E-state index contributed by atoms with van der Waals surface area (Å²) in [6.45, 7) is 4.35. The fourth-order valence-corrected chi connectivity index (χ4v) is 2.04. The molecular formula is C13H20N4O. The van der Waals surface area contributed by atoms with Crippen LogP contribution in [-0.4, -0.2) is 28.2 Å². The van der Waals surface area contributed by atoms with Crippen LogP contribution in [0.25, 0.3) is 0 Å². The van der Waals surface area contributed by atoms with Gasteiger partial charge in [-0.15, -0.1) is 5.10 Å². The SMILES string of the molecule is CCOCCCn1nnc(CC#N)c1CC1CC1. The van der Waals surface area contributed by atoms with Crippen LogP contribution in [0.4, 0.5) is 0 Å². The van der Waals surface area contributed by atoms with Gasteiger partial charge in [0.15, 0.2) is 0 Å². The fraction of sp³-hybridized carbons (Fsp3) is 0.769. The van der Waals surface area contributed by atoms with Crippen molar-refractivity contribution in [1.29, 1.82) is 5.26 Å². The van der Waals surface area contributed by atoms with Gasteiger partial charge in [-0.05, 0) is 38.5 Å². The van der Waals surface area contributed by atoms with E-state index in [1.54, 1.807) is 0 Å². The first-order valence-corrected chi connectivity index (χ1v) is 6.71. The second kappa shape index (κ2) is 6.50. The van der Waals surface area contributed by atoms with Gasteiger partial charge in [0.1, 0.15) is 0 Å². The van der Waals surface area contributed by atoms with Crippen molar-refractivity contribution in [1.82, 2.24) is 15.0 Å². The van der Waals surface area contributed by atoms with Crippen LogP contribution < -0.4 is 0 Å². The molecule has 0 aliphatic heterocycles. The maximum Gasteiger partial charge on any atom is 0.0999 e. The Kier molecular flexibility index (Phi) is 4.71. The summed E-state index contributed by atoms with van der Waals surface area (Å²) >= 11 is 0. The second-order valence-electron chi connectivity index (χ2n) is 4.74. The van der Waals surface area contributed by atoms with Crippen LogP contribution in [0.2, 0.25) is 0 Å². The van der Waals surface area contributed by atoms with E-state index in [0.717, 1.165) is 49.9 Å². The summed E-state index contributed by atoms with van der Waals surface area (Å²) in [7, 11) is 0. The lowest BCUT2D eigenvalue weighted by Crippen LogP contribution is -2.09. The topological polar surface area (TPSA) is 63.7 Å². The third kappa shape index (κ3) is 3.54. The van der Waals surface area contributed by atoms with Gasteiger partial charge in [-0.1, -0.05) is 5.21 Å². The van der Waals surface area contributed by atoms with Crippen LogP contribution in [0, 0.1) is 17.2 Å². The molecule has 1 aliphatic rings. The van der Waals surface area contributed by atoms with Gasteiger partial charge < -0.3 is 4.74 Å². The molecule has 0 radical (unpaired) electrons. The van der Waals surface area contributed by atoms with E-state index in [1.165, 1.54) is 12.8 Å². The Hall–Kier alpha value is -1.41. The third-order valence-electron chi connectivity index (χ3n) is 3.21. The molecule has 18 heavy (non-hydrogen) atoms. The first-order chi connectivity index (χ1) is 8.85. The van der Waals surface area contributed by atoms with Crippen molar-refractivity contribution in [3.05, 3.63) is 11.4 Å². The van der Waals surface area contributed by atoms with Crippen molar-refractivity contribution in [2.75, 3.05) is 13.2 Å². The molecule has 98 valence electrons. The summed E-state index contributed by atoms with van der Waals surface area (Å²) < 4.78 is 7.29. The number of hydrogen-bond acceptors (Lipinski definition) is 4. The Morgan fingerprint density at radius 2 is 2.33 bits per heavy atom. The monoisotopic (exact) mass is 248 g/mol. The average molecular weight is 248 g/mol. The minimum Gasteiger partial charge on any atom is -0.382 e. The average Bonchev–Trinajstić information content (AvgIpc) is 3.11. The van der Waals surface area contributed by atoms with Crippen LogP contribution in [0.3, 0.4) is 0 Å². The molecule has 1 fully saturated rings. The highest BCUT2D eigenvalue weighted by atomic mass is 16.5. The van der Waals surface area contributed by atoms with Crippen LogP contribution in [0.15, 0.2) is 0 Å². The lowest BCUT2D eigenvalue weighted by molar-refractivity contribution is 0.140. The summed E-state index contributed by atoms with van der Waals surface area (Å²) in [5.41, 5.74) is 2.02. The summed E-state index contributed by atoms with van der Waals surface area (Å²) in [6.07, 6.45) is 4.94. The zero-order valence-corrected chi connectivity index (χ0v) is 10.9. The second-order valence-corrected chi connectivity index (χ2v) is 4.74. The molecule has 1 aliphatic carbocycles. The zero-order valence-electron chi connectivity index (χ0n) is 10.9. The Bertz CT molecular complexity index is 417. The number of ether oxygens (including phenoxy) is 1. The maximum atomic E-state index is 8.80. The van der Waals surface area contributed by atoms with Crippen LogP contribution in [-0.2, 0) is 24.1 Å². The molecule has 0 bridgehead atoms. The van der Waals surface area contributed by atoms with Gasteiger partial charge in [0.05, 0.1) is 23.9 Å². The predicted molar refractivity (Wildman–Crippen MR) is 66.9 cm³/mol. The van der Waals surface area contributed by atoms with Gasteiger partial charge >= 0.3 is 0 Å². The number of nitrogens with zero attached hydrogens (tertiary/aromatic N) is 4. The van der Waals surface area contributed by atoms with Crippen LogP contribution in [0.1, 0.15) is 37.6 Å². The molecule has 5 nitrogen and oxygen atoms in total. The molecule has 0 atom stereocenters. The van der Waals surface area contributed by atoms with E-state index in [0.29, 0.717) is 6.42 Å². The summed E-state index contributed by atoms with van der Waals surface area (Å²) in [4.78, 5) is 0. The van der Waals surface area contributed by atoms with Crippen molar-refractivity contribution >= 4 is 0 Å². The Morgan fingerprint density at radius 1 is 1.50 bits per heavy atom.